The molecule has 1 aliphatic heterocycles. The van der Waals surface area contributed by atoms with Crippen molar-refractivity contribution < 1.29 is 4.79 Å². The maximum Gasteiger partial charge on any atom is 0.227 e. The predicted molar refractivity (Wildman–Crippen MR) is 80.6 cm³/mol. The van der Waals surface area contributed by atoms with Crippen LogP contribution in [-0.4, -0.2) is 24.0 Å². The molecule has 1 heterocycles. The monoisotopic (exact) mass is 275 g/mol. The van der Waals surface area contributed by atoms with Crippen LogP contribution in [0, 0.1) is 5.92 Å². The highest BCUT2D eigenvalue weighted by Gasteiger charge is 2.28. The van der Waals surface area contributed by atoms with E-state index < -0.39 is 0 Å². The van der Waals surface area contributed by atoms with Crippen molar-refractivity contribution in [3.63, 3.8) is 0 Å². The normalized spacial score (nSPS) is 25.3. The molecule has 1 aliphatic carbocycles. The number of nitrogens with one attached hydrogen (secondary N) is 1. The molecule has 0 spiro atoms. The van der Waals surface area contributed by atoms with E-state index in [1.807, 2.05) is 17.8 Å². The third-order valence-electron chi connectivity index (χ3n) is 4.33. The lowest BCUT2D eigenvalue weighted by molar-refractivity contribution is -0.122. The first-order valence-corrected chi connectivity index (χ1v) is 8.43. The minimum absolute atomic E-state index is 0.0918. The van der Waals surface area contributed by atoms with Crippen molar-refractivity contribution in [2.45, 2.75) is 31.6 Å². The van der Waals surface area contributed by atoms with E-state index in [1.165, 1.54) is 29.1 Å². The molecular formula is C16H21NOS. The predicted octanol–water partition coefficient (Wildman–Crippen LogP) is 2.98. The molecule has 2 atom stereocenters. The van der Waals surface area contributed by atoms with Crippen LogP contribution in [0.1, 0.15) is 36.3 Å². The van der Waals surface area contributed by atoms with Gasteiger partial charge in [-0.2, -0.15) is 11.8 Å². The van der Waals surface area contributed by atoms with E-state index in [-0.39, 0.29) is 11.8 Å². The lowest BCUT2D eigenvalue weighted by Gasteiger charge is -2.14. The molecule has 1 amide bonds. The van der Waals surface area contributed by atoms with Crippen molar-refractivity contribution in [2.24, 2.45) is 5.92 Å². The molecule has 1 fully saturated rings. The van der Waals surface area contributed by atoms with Gasteiger partial charge in [-0.3, -0.25) is 4.79 Å². The van der Waals surface area contributed by atoms with Crippen molar-refractivity contribution in [1.29, 1.82) is 0 Å². The highest BCUT2D eigenvalue weighted by atomic mass is 32.2. The molecule has 0 saturated carbocycles. The molecule has 102 valence electrons. The Morgan fingerprint density at radius 2 is 2.21 bits per heavy atom. The van der Waals surface area contributed by atoms with Gasteiger partial charge in [0.25, 0.3) is 0 Å². The van der Waals surface area contributed by atoms with Crippen molar-refractivity contribution in [3.8, 4) is 0 Å². The molecule has 1 aromatic carbocycles. The summed E-state index contributed by atoms with van der Waals surface area (Å²) in [6.07, 6.45) is 4.50. The second-order valence-corrected chi connectivity index (χ2v) is 6.75. The van der Waals surface area contributed by atoms with Crippen LogP contribution in [0.3, 0.4) is 0 Å². The van der Waals surface area contributed by atoms with E-state index in [9.17, 15) is 4.79 Å². The third kappa shape index (κ3) is 2.97. The Labute approximate surface area is 119 Å². The van der Waals surface area contributed by atoms with E-state index in [1.54, 1.807) is 0 Å². The number of rotatable bonds is 4. The Kier molecular flexibility index (Phi) is 4.12. The number of hydrogen-bond donors (Lipinski definition) is 1. The number of amides is 1. The summed E-state index contributed by atoms with van der Waals surface area (Å²) < 4.78 is 0. The van der Waals surface area contributed by atoms with Crippen LogP contribution in [-0.2, 0) is 11.2 Å². The first kappa shape index (κ1) is 13.0. The summed E-state index contributed by atoms with van der Waals surface area (Å²) in [5.41, 5.74) is 2.60. The zero-order valence-corrected chi connectivity index (χ0v) is 12.0. The molecule has 0 radical (unpaired) electrons. The number of fused-ring (bicyclic) bond motifs is 1. The topological polar surface area (TPSA) is 29.1 Å². The molecule has 2 nitrogen and oxygen atoms in total. The molecule has 1 N–H and O–H groups in total. The Bertz CT molecular complexity index is 454. The van der Waals surface area contributed by atoms with E-state index >= 15 is 0 Å². The van der Waals surface area contributed by atoms with Crippen LogP contribution in [0.2, 0.25) is 0 Å². The average Bonchev–Trinajstić information content (AvgIpc) is 3.07. The maximum atomic E-state index is 12.3. The van der Waals surface area contributed by atoms with Gasteiger partial charge in [0.15, 0.2) is 0 Å². The van der Waals surface area contributed by atoms with Gasteiger partial charge in [-0.15, -0.1) is 0 Å². The minimum Gasteiger partial charge on any atom is -0.356 e. The summed E-state index contributed by atoms with van der Waals surface area (Å²) in [6.45, 7) is 0.850. The average molecular weight is 275 g/mol. The molecule has 19 heavy (non-hydrogen) atoms. The van der Waals surface area contributed by atoms with Crippen molar-refractivity contribution in [1.82, 2.24) is 5.32 Å². The van der Waals surface area contributed by atoms with Crippen LogP contribution >= 0.6 is 11.8 Å². The molecular weight excluding hydrogens is 254 g/mol. The fourth-order valence-electron chi connectivity index (χ4n) is 3.16. The van der Waals surface area contributed by atoms with Gasteiger partial charge >= 0.3 is 0 Å². The van der Waals surface area contributed by atoms with Gasteiger partial charge in [0.2, 0.25) is 5.91 Å². The standard InChI is InChI=1S/C16H21NOS/c18-16(17-9-7-12-8-10-19-11-12)15-6-5-13-3-1-2-4-14(13)15/h1-4,12,15H,5-11H2,(H,17,18). The molecule has 1 saturated heterocycles. The van der Waals surface area contributed by atoms with Gasteiger partial charge in [-0.05, 0) is 54.2 Å². The summed E-state index contributed by atoms with van der Waals surface area (Å²) >= 11 is 2.04. The molecule has 2 aliphatic rings. The number of thioether (sulfide) groups is 1. The largest absolute Gasteiger partial charge is 0.356 e. The lowest BCUT2D eigenvalue weighted by atomic mass is 10.00. The molecule has 1 aromatic rings. The SMILES string of the molecule is O=C(NCCC1CCSC1)C1CCc2ccccc21. The van der Waals surface area contributed by atoms with E-state index in [0.717, 1.165) is 31.7 Å². The number of aryl methyl sites for hydroxylation is 1. The van der Waals surface area contributed by atoms with Crippen LogP contribution in [0.4, 0.5) is 0 Å². The Balaban J connectivity index is 1.51. The Hall–Kier alpha value is -0.960. The first-order valence-electron chi connectivity index (χ1n) is 7.28. The Morgan fingerprint density at radius 1 is 1.32 bits per heavy atom. The van der Waals surface area contributed by atoms with Gasteiger partial charge < -0.3 is 5.32 Å². The minimum atomic E-state index is 0.0918. The number of carbonyl (C=O) groups is 1. The fourth-order valence-corrected chi connectivity index (χ4v) is 4.50. The quantitative estimate of drug-likeness (QED) is 0.915. The summed E-state index contributed by atoms with van der Waals surface area (Å²) in [5.74, 6) is 3.72. The molecule has 3 heteroatoms. The van der Waals surface area contributed by atoms with Gasteiger partial charge in [0.05, 0.1) is 5.92 Å². The van der Waals surface area contributed by atoms with Crippen molar-refractivity contribution in [2.75, 3.05) is 18.1 Å². The zero-order chi connectivity index (χ0) is 13.1. The van der Waals surface area contributed by atoms with E-state index in [0.29, 0.717) is 0 Å². The highest BCUT2D eigenvalue weighted by molar-refractivity contribution is 7.99. The molecule has 2 unspecified atom stereocenters. The van der Waals surface area contributed by atoms with Gasteiger partial charge in [-0.25, -0.2) is 0 Å². The Morgan fingerprint density at radius 3 is 3.05 bits per heavy atom. The lowest BCUT2D eigenvalue weighted by Crippen LogP contribution is -2.30. The summed E-state index contributed by atoms with van der Waals surface area (Å²) in [5, 5.41) is 3.14. The number of carbonyl (C=O) groups excluding carboxylic acids is 1. The van der Waals surface area contributed by atoms with E-state index in [2.05, 4.69) is 23.5 Å². The highest BCUT2D eigenvalue weighted by Crippen LogP contribution is 2.33. The zero-order valence-electron chi connectivity index (χ0n) is 11.2. The van der Waals surface area contributed by atoms with Crippen LogP contribution in [0.15, 0.2) is 24.3 Å². The van der Waals surface area contributed by atoms with Crippen molar-refractivity contribution in [3.05, 3.63) is 35.4 Å². The summed E-state index contributed by atoms with van der Waals surface area (Å²) in [4.78, 5) is 12.3. The van der Waals surface area contributed by atoms with Gasteiger partial charge in [-0.1, -0.05) is 24.3 Å². The molecule has 3 rings (SSSR count). The fraction of sp³-hybridized carbons (Fsp3) is 0.562. The van der Waals surface area contributed by atoms with Crippen molar-refractivity contribution >= 4 is 17.7 Å². The second kappa shape index (κ2) is 6.00. The second-order valence-electron chi connectivity index (χ2n) is 5.60. The van der Waals surface area contributed by atoms with Crippen LogP contribution in [0.25, 0.3) is 0 Å². The maximum absolute atomic E-state index is 12.3. The first-order chi connectivity index (χ1) is 9.34. The summed E-state index contributed by atoms with van der Waals surface area (Å²) in [7, 11) is 0. The number of hydrogen-bond acceptors (Lipinski definition) is 2. The number of benzene rings is 1. The third-order valence-corrected chi connectivity index (χ3v) is 5.56. The van der Waals surface area contributed by atoms with Gasteiger partial charge in [0.1, 0.15) is 0 Å². The van der Waals surface area contributed by atoms with Crippen LogP contribution in [0.5, 0.6) is 0 Å². The molecule has 0 bridgehead atoms. The van der Waals surface area contributed by atoms with E-state index in [4.69, 9.17) is 0 Å². The van der Waals surface area contributed by atoms with Crippen LogP contribution < -0.4 is 5.32 Å². The molecule has 0 aromatic heterocycles. The van der Waals surface area contributed by atoms with Gasteiger partial charge in [0, 0.05) is 6.54 Å². The summed E-state index contributed by atoms with van der Waals surface area (Å²) in [6, 6.07) is 8.37. The smallest absolute Gasteiger partial charge is 0.227 e.